The van der Waals surface area contributed by atoms with E-state index in [1.165, 1.54) is 10.0 Å². The lowest BCUT2D eigenvalue weighted by Gasteiger charge is -2.01. The summed E-state index contributed by atoms with van der Waals surface area (Å²) >= 11 is 3.51. The first-order valence-electron chi connectivity index (χ1n) is 4.18. The van der Waals surface area contributed by atoms with E-state index in [4.69, 9.17) is 5.11 Å². The Morgan fingerprint density at radius 1 is 1.42 bits per heavy atom. The van der Waals surface area contributed by atoms with E-state index >= 15 is 0 Å². The van der Waals surface area contributed by atoms with Gasteiger partial charge in [0.25, 0.3) is 0 Å². The fourth-order valence-corrected chi connectivity index (χ4v) is 2.18. The van der Waals surface area contributed by atoms with Gasteiger partial charge in [0.2, 0.25) is 0 Å². The minimum absolute atomic E-state index is 0.325. The topological polar surface area (TPSA) is 20.2 Å². The molecule has 1 saturated carbocycles. The third-order valence-electron chi connectivity index (χ3n) is 2.46. The Morgan fingerprint density at radius 2 is 2.17 bits per heavy atom. The monoisotopic (exact) mass is 226 g/mol. The molecule has 1 aliphatic rings. The minimum Gasteiger partial charge on any atom is -0.396 e. The molecule has 1 fully saturated rings. The molecular formula is C10H11BrO. The van der Waals surface area contributed by atoms with Crippen molar-refractivity contribution in [2.45, 2.75) is 12.3 Å². The molecule has 64 valence electrons. The van der Waals surface area contributed by atoms with Gasteiger partial charge >= 0.3 is 0 Å². The maximum absolute atomic E-state index is 8.91. The second-order valence-corrected chi connectivity index (χ2v) is 4.16. The van der Waals surface area contributed by atoms with E-state index < -0.39 is 0 Å². The van der Waals surface area contributed by atoms with Gasteiger partial charge in [-0.15, -0.1) is 0 Å². The number of halogens is 1. The fourth-order valence-electron chi connectivity index (χ4n) is 1.61. The molecule has 1 aliphatic carbocycles. The van der Waals surface area contributed by atoms with E-state index in [2.05, 4.69) is 28.1 Å². The molecule has 2 unspecified atom stereocenters. The van der Waals surface area contributed by atoms with E-state index in [1.807, 2.05) is 12.1 Å². The van der Waals surface area contributed by atoms with E-state index in [-0.39, 0.29) is 0 Å². The molecule has 2 rings (SSSR count). The van der Waals surface area contributed by atoms with Gasteiger partial charge in [-0.25, -0.2) is 0 Å². The Labute approximate surface area is 80.5 Å². The van der Waals surface area contributed by atoms with E-state index in [9.17, 15) is 0 Å². The normalized spacial score (nSPS) is 27.2. The van der Waals surface area contributed by atoms with Crippen LogP contribution in [0.4, 0.5) is 0 Å². The second-order valence-electron chi connectivity index (χ2n) is 3.31. The summed E-state index contributed by atoms with van der Waals surface area (Å²) in [5.41, 5.74) is 1.34. The largest absolute Gasteiger partial charge is 0.396 e. The van der Waals surface area contributed by atoms with Crippen molar-refractivity contribution in [2.75, 3.05) is 6.61 Å². The van der Waals surface area contributed by atoms with E-state index in [1.54, 1.807) is 0 Å². The molecule has 1 N–H and O–H groups in total. The van der Waals surface area contributed by atoms with Crippen LogP contribution in [0.1, 0.15) is 17.9 Å². The molecule has 0 saturated heterocycles. The summed E-state index contributed by atoms with van der Waals surface area (Å²) in [4.78, 5) is 0. The van der Waals surface area contributed by atoms with Gasteiger partial charge in [0.15, 0.2) is 0 Å². The summed E-state index contributed by atoms with van der Waals surface area (Å²) in [6, 6.07) is 8.25. The smallest absolute Gasteiger partial charge is 0.0465 e. The van der Waals surface area contributed by atoms with Crippen molar-refractivity contribution in [3.05, 3.63) is 34.3 Å². The summed E-state index contributed by atoms with van der Waals surface area (Å²) < 4.78 is 1.17. The van der Waals surface area contributed by atoms with Gasteiger partial charge in [-0.2, -0.15) is 0 Å². The van der Waals surface area contributed by atoms with Crippen LogP contribution in [0.15, 0.2) is 28.7 Å². The molecule has 2 atom stereocenters. The summed E-state index contributed by atoms with van der Waals surface area (Å²) in [5, 5.41) is 8.91. The van der Waals surface area contributed by atoms with Crippen molar-refractivity contribution in [3.63, 3.8) is 0 Å². The number of aliphatic hydroxyl groups excluding tert-OH is 1. The summed E-state index contributed by atoms with van der Waals surface area (Å²) in [6.07, 6.45) is 1.14. The van der Waals surface area contributed by atoms with Crippen molar-refractivity contribution >= 4 is 15.9 Å². The van der Waals surface area contributed by atoms with Gasteiger partial charge in [-0.1, -0.05) is 34.1 Å². The first-order chi connectivity index (χ1) is 5.83. The summed E-state index contributed by atoms with van der Waals surface area (Å²) in [7, 11) is 0. The standard InChI is InChI=1S/C10H11BrO/c11-10-4-2-1-3-8(10)9-5-7(9)6-12/h1-4,7,9,12H,5-6H2. The Hall–Kier alpha value is -0.340. The quantitative estimate of drug-likeness (QED) is 0.823. The summed E-state index contributed by atoms with van der Waals surface area (Å²) in [6.45, 7) is 0.325. The highest BCUT2D eigenvalue weighted by molar-refractivity contribution is 9.10. The molecule has 0 heterocycles. The predicted molar refractivity (Wildman–Crippen MR) is 52.1 cm³/mol. The van der Waals surface area contributed by atoms with Gasteiger partial charge in [0, 0.05) is 11.1 Å². The zero-order chi connectivity index (χ0) is 8.55. The zero-order valence-corrected chi connectivity index (χ0v) is 8.29. The molecule has 1 nitrogen and oxygen atoms in total. The van der Waals surface area contributed by atoms with E-state index in [0.29, 0.717) is 18.4 Å². The molecule has 0 aromatic heterocycles. The predicted octanol–water partition coefficient (Wildman–Crippen LogP) is 2.54. The van der Waals surface area contributed by atoms with Gasteiger partial charge < -0.3 is 5.11 Å². The van der Waals surface area contributed by atoms with Crippen LogP contribution >= 0.6 is 15.9 Å². The highest BCUT2D eigenvalue weighted by Gasteiger charge is 2.38. The maximum atomic E-state index is 8.91. The average molecular weight is 227 g/mol. The Bertz CT molecular complexity index is 285. The lowest BCUT2D eigenvalue weighted by Crippen LogP contribution is -1.89. The lowest BCUT2D eigenvalue weighted by atomic mass is 10.1. The van der Waals surface area contributed by atoms with Crippen molar-refractivity contribution in [3.8, 4) is 0 Å². The molecule has 0 aliphatic heterocycles. The van der Waals surface area contributed by atoms with Crippen LogP contribution in [0.3, 0.4) is 0 Å². The number of hydrogen-bond donors (Lipinski definition) is 1. The van der Waals surface area contributed by atoms with Crippen LogP contribution in [0.25, 0.3) is 0 Å². The van der Waals surface area contributed by atoms with Crippen LogP contribution in [0.2, 0.25) is 0 Å². The third kappa shape index (κ3) is 1.41. The van der Waals surface area contributed by atoms with E-state index in [0.717, 1.165) is 6.42 Å². The van der Waals surface area contributed by atoms with Crippen molar-refractivity contribution in [2.24, 2.45) is 5.92 Å². The first kappa shape index (κ1) is 8.27. The number of hydrogen-bond acceptors (Lipinski definition) is 1. The molecule has 2 heteroatoms. The molecule has 1 aromatic rings. The van der Waals surface area contributed by atoms with Crippen LogP contribution in [0.5, 0.6) is 0 Å². The van der Waals surface area contributed by atoms with Gasteiger partial charge in [-0.3, -0.25) is 0 Å². The van der Waals surface area contributed by atoms with Gasteiger partial charge in [-0.05, 0) is 29.9 Å². The fraction of sp³-hybridized carbons (Fsp3) is 0.400. The van der Waals surface area contributed by atoms with Crippen molar-refractivity contribution in [1.82, 2.24) is 0 Å². The third-order valence-corrected chi connectivity index (χ3v) is 3.18. The molecular weight excluding hydrogens is 216 g/mol. The van der Waals surface area contributed by atoms with Crippen LogP contribution in [0, 0.1) is 5.92 Å². The van der Waals surface area contributed by atoms with Crippen LogP contribution in [-0.4, -0.2) is 11.7 Å². The van der Waals surface area contributed by atoms with Crippen LogP contribution < -0.4 is 0 Å². The molecule has 1 aromatic carbocycles. The first-order valence-corrected chi connectivity index (χ1v) is 4.97. The number of rotatable bonds is 2. The molecule has 0 bridgehead atoms. The average Bonchev–Trinajstić information content (AvgIpc) is 2.84. The minimum atomic E-state index is 0.325. The zero-order valence-electron chi connectivity index (χ0n) is 6.70. The molecule has 0 amide bonds. The lowest BCUT2D eigenvalue weighted by molar-refractivity contribution is 0.274. The number of aliphatic hydroxyl groups is 1. The number of benzene rings is 1. The summed E-state index contributed by atoms with van der Waals surface area (Å²) in [5.74, 6) is 1.09. The van der Waals surface area contributed by atoms with Crippen molar-refractivity contribution in [1.29, 1.82) is 0 Å². The van der Waals surface area contributed by atoms with Gasteiger partial charge in [0.1, 0.15) is 0 Å². The Morgan fingerprint density at radius 3 is 2.75 bits per heavy atom. The molecule has 0 spiro atoms. The van der Waals surface area contributed by atoms with Crippen molar-refractivity contribution < 1.29 is 5.11 Å². The maximum Gasteiger partial charge on any atom is 0.0465 e. The Balaban J connectivity index is 2.19. The second kappa shape index (κ2) is 3.19. The highest BCUT2D eigenvalue weighted by Crippen LogP contribution is 2.48. The van der Waals surface area contributed by atoms with Gasteiger partial charge in [0.05, 0.1) is 0 Å². The molecule has 0 radical (unpaired) electrons. The highest BCUT2D eigenvalue weighted by atomic mass is 79.9. The van der Waals surface area contributed by atoms with Crippen LogP contribution in [-0.2, 0) is 0 Å². The Kier molecular flexibility index (Phi) is 2.20. The SMILES string of the molecule is OCC1CC1c1ccccc1Br. The molecule has 12 heavy (non-hydrogen) atoms.